The topological polar surface area (TPSA) is 38.5 Å². The third-order valence-electron chi connectivity index (χ3n) is 3.06. The molecule has 0 atom stereocenters. The van der Waals surface area contributed by atoms with Crippen LogP contribution in [0.2, 0.25) is 0 Å². The first-order valence-corrected chi connectivity index (χ1v) is 7.64. The fourth-order valence-electron chi connectivity index (χ4n) is 2.03. The van der Waals surface area contributed by atoms with Crippen LogP contribution in [0.25, 0.3) is 0 Å². The van der Waals surface area contributed by atoms with Crippen LogP contribution in [0.4, 0.5) is 5.69 Å². The van der Waals surface area contributed by atoms with Gasteiger partial charge in [0, 0.05) is 23.7 Å². The van der Waals surface area contributed by atoms with Crippen molar-refractivity contribution in [2.45, 2.75) is 17.7 Å². The molecule has 4 heteroatoms. The summed E-state index contributed by atoms with van der Waals surface area (Å²) in [5, 5.41) is 0. The first-order valence-electron chi connectivity index (χ1n) is 6.66. The van der Waals surface area contributed by atoms with Gasteiger partial charge >= 0.3 is 0 Å². The van der Waals surface area contributed by atoms with E-state index in [1.54, 1.807) is 0 Å². The number of unbranched alkanes of at least 4 members (excludes halogenated alkanes) is 1. The molecule has 100 valence electrons. The van der Waals surface area contributed by atoms with E-state index in [-0.39, 0.29) is 0 Å². The van der Waals surface area contributed by atoms with Gasteiger partial charge in [-0.3, -0.25) is 0 Å². The number of morpholine rings is 1. The van der Waals surface area contributed by atoms with Gasteiger partial charge in [-0.05, 0) is 43.3 Å². The highest BCUT2D eigenvalue weighted by Gasteiger charge is 2.11. The third kappa shape index (κ3) is 4.19. The van der Waals surface area contributed by atoms with Gasteiger partial charge in [0.1, 0.15) is 0 Å². The highest BCUT2D eigenvalue weighted by molar-refractivity contribution is 7.99. The lowest BCUT2D eigenvalue weighted by Crippen LogP contribution is -2.36. The Bertz CT molecular complexity index is 353. The average molecular weight is 266 g/mol. The molecule has 1 aliphatic heterocycles. The molecule has 0 saturated carbocycles. The number of benzene rings is 1. The van der Waals surface area contributed by atoms with Crippen LogP contribution in [0.15, 0.2) is 29.2 Å². The highest BCUT2D eigenvalue weighted by Crippen LogP contribution is 2.25. The predicted molar refractivity (Wildman–Crippen MR) is 78.5 cm³/mol. The predicted octanol–water partition coefficient (Wildman–Crippen LogP) is 2.35. The van der Waals surface area contributed by atoms with E-state index in [0.717, 1.165) is 45.0 Å². The summed E-state index contributed by atoms with van der Waals surface area (Å²) in [6.07, 6.45) is 2.32. The number of ether oxygens (including phenoxy) is 1. The molecule has 0 amide bonds. The Balaban J connectivity index is 1.88. The maximum absolute atomic E-state index is 5.50. The monoisotopic (exact) mass is 266 g/mol. The van der Waals surface area contributed by atoms with Crippen molar-refractivity contribution in [3.63, 3.8) is 0 Å². The molecule has 3 nitrogen and oxygen atoms in total. The lowest BCUT2D eigenvalue weighted by molar-refractivity contribution is 0.122. The van der Waals surface area contributed by atoms with Gasteiger partial charge in [0.2, 0.25) is 0 Å². The smallest absolute Gasteiger partial charge is 0.0642 e. The van der Waals surface area contributed by atoms with Gasteiger partial charge in [-0.1, -0.05) is 6.07 Å². The number of nitrogens with two attached hydrogens (primary N) is 1. The van der Waals surface area contributed by atoms with Crippen LogP contribution >= 0.6 is 11.8 Å². The second-order valence-electron chi connectivity index (χ2n) is 4.44. The minimum atomic E-state index is 0.800. The molecule has 0 aliphatic carbocycles. The Hall–Kier alpha value is -0.710. The van der Waals surface area contributed by atoms with E-state index in [4.69, 9.17) is 10.5 Å². The molecule has 1 aromatic carbocycles. The fourth-order valence-corrected chi connectivity index (χ4v) is 2.99. The Morgan fingerprint density at radius 3 is 2.83 bits per heavy atom. The maximum atomic E-state index is 5.50. The zero-order valence-corrected chi connectivity index (χ0v) is 11.6. The standard InChI is InChI=1S/C14H22N2OS/c15-6-1-2-11-18-14-5-3-4-13(12-14)16-7-9-17-10-8-16/h3-5,12H,1-2,6-11,15H2. The van der Waals surface area contributed by atoms with Crippen molar-refractivity contribution in [3.05, 3.63) is 24.3 Å². The van der Waals surface area contributed by atoms with Crippen molar-refractivity contribution in [2.75, 3.05) is 43.5 Å². The second-order valence-corrected chi connectivity index (χ2v) is 5.61. The summed E-state index contributed by atoms with van der Waals surface area (Å²) in [7, 11) is 0. The number of thioether (sulfide) groups is 1. The number of anilines is 1. The first kappa shape index (κ1) is 13.7. The minimum absolute atomic E-state index is 0.800. The molecule has 0 unspecified atom stereocenters. The van der Waals surface area contributed by atoms with E-state index < -0.39 is 0 Å². The summed E-state index contributed by atoms with van der Waals surface area (Å²) in [6, 6.07) is 8.82. The van der Waals surface area contributed by atoms with Crippen LogP contribution in [0.1, 0.15) is 12.8 Å². The molecule has 0 radical (unpaired) electrons. The summed E-state index contributed by atoms with van der Waals surface area (Å²) in [6.45, 7) is 4.48. The largest absolute Gasteiger partial charge is 0.378 e. The lowest BCUT2D eigenvalue weighted by atomic mass is 10.2. The Morgan fingerprint density at radius 2 is 2.06 bits per heavy atom. The van der Waals surface area contributed by atoms with Gasteiger partial charge in [-0.15, -0.1) is 11.8 Å². The van der Waals surface area contributed by atoms with Crippen LogP contribution < -0.4 is 10.6 Å². The third-order valence-corrected chi connectivity index (χ3v) is 4.14. The Morgan fingerprint density at radius 1 is 1.22 bits per heavy atom. The van der Waals surface area contributed by atoms with Gasteiger partial charge < -0.3 is 15.4 Å². The lowest BCUT2D eigenvalue weighted by Gasteiger charge is -2.29. The molecule has 18 heavy (non-hydrogen) atoms. The van der Waals surface area contributed by atoms with Crippen LogP contribution in [-0.4, -0.2) is 38.6 Å². The molecule has 1 saturated heterocycles. The van der Waals surface area contributed by atoms with Gasteiger partial charge in [0.25, 0.3) is 0 Å². The maximum Gasteiger partial charge on any atom is 0.0642 e. The normalized spacial score (nSPS) is 15.9. The van der Waals surface area contributed by atoms with E-state index in [9.17, 15) is 0 Å². The molecule has 1 aromatic rings. The first-order chi connectivity index (χ1) is 8.90. The van der Waals surface area contributed by atoms with Gasteiger partial charge in [-0.2, -0.15) is 0 Å². The number of hydrogen-bond donors (Lipinski definition) is 1. The van der Waals surface area contributed by atoms with Gasteiger partial charge in [0.15, 0.2) is 0 Å². The van der Waals surface area contributed by atoms with Gasteiger partial charge in [-0.25, -0.2) is 0 Å². The molecule has 0 bridgehead atoms. The summed E-state index contributed by atoms with van der Waals surface area (Å²) in [4.78, 5) is 3.75. The van der Waals surface area contributed by atoms with Crippen LogP contribution in [0, 0.1) is 0 Å². The fraction of sp³-hybridized carbons (Fsp3) is 0.571. The van der Waals surface area contributed by atoms with Crippen molar-refractivity contribution in [3.8, 4) is 0 Å². The molecule has 1 heterocycles. The minimum Gasteiger partial charge on any atom is -0.378 e. The van der Waals surface area contributed by atoms with E-state index in [2.05, 4.69) is 29.2 Å². The second kappa shape index (κ2) is 7.67. The molecule has 2 N–H and O–H groups in total. The Kier molecular flexibility index (Phi) is 5.84. The van der Waals surface area contributed by atoms with Crippen molar-refractivity contribution >= 4 is 17.4 Å². The summed E-state index contributed by atoms with van der Waals surface area (Å²) < 4.78 is 5.38. The molecular formula is C14H22N2OS. The molecule has 1 aliphatic rings. The summed E-state index contributed by atoms with van der Waals surface area (Å²) in [5.74, 6) is 1.16. The van der Waals surface area contributed by atoms with E-state index >= 15 is 0 Å². The quantitative estimate of drug-likeness (QED) is 0.633. The van der Waals surface area contributed by atoms with Gasteiger partial charge in [0.05, 0.1) is 13.2 Å². The SMILES string of the molecule is NCCCCSc1cccc(N2CCOCC2)c1. The van der Waals surface area contributed by atoms with E-state index in [0.29, 0.717) is 0 Å². The van der Waals surface area contributed by atoms with Crippen molar-refractivity contribution < 1.29 is 4.74 Å². The molecular weight excluding hydrogens is 244 g/mol. The van der Waals surface area contributed by atoms with Crippen molar-refractivity contribution in [1.29, 1.82) is 0 Å². The molecule has 0 spiro atoms. The Labute approximate surface area is 114 Å². The molecule has 2 rings (SSSR count). The number of rotatable bonds is 6. The van der Waals surface area contributed by atoms with E-state index in [1.165, 1.54) is 17.0 Å². The molecule has 1 fully saturated rings. The van der Waals surface area contributed by atoms with E-state index in [1.807, 2.05) is 11.8 Å². The zero-order valence-electron chi connectivity index (χ0n) is 10.8. The number of hydrogen-bond acceptors (Lipinski definition) is 4. The van der Waals surface area contributed by atoms with Crippen LogP contribution in [0.3, 0.4) is 0 Å². The number of nitrogens with zero attached hydrogens (tertiary/aromatic N) is 1. The average Bonchev–Trinajstić information content (AvgIpc) is 2.45. The van der Waals surface area contributed by atoms with Crippen molar-refractivity contribution in [1.82, 2.24) is 0 Å². The van der Waals surface area contributed by atoms with Crippen LogP contribution in [-0.2, 0) is 4.74 Å². The summed E-state index contributed by atoms with van der Waals surface area (Å²) >= 11 is 1.93. The highest BCUT2D eigenvalue weighted by atomic mass is 32.2. The van der Waals surface area contributed by atoms with Crippen LogP contribution in [0.5, 0.6) is 0 Å². The molecule has 0 aromatic heterocycles. The zero-order chi connectivity index (χ0) is 12.6. The van der Waals surface area contributed by atoms with Crippen molar-refractivity contribution in [2.24, 2.45) is 5.73 Å². The summed E-state index contributed by atoms with van der Waals surface area (Å²) in [5.41, 5.74) is 6.82.